The lowest BCUT2D eigenvalue weighted by atomic mass is 10.1. The van der Waals surface area contributed by atoms with Crippen LogP contribution in [0.4, 0.5) is 5.69 Å². The molecule has 1 aromatic rings. The quantitative estimate of drug-likeness (QED) is 0.679. The third-order valence-electron chi connectivity index (χ3n) is 3.09. The van der Waals surface area contributed by atoms with Crippen molar-refractivity contribution in [2.45, 2.75) is 58.9 Å². The minimum absolute atomic E-state index is 0.0104. The zero-order chi connectivity index (χ0) is 16.4. The van der Waals surface area contributed by atoms with Crippen LogP contribution in [0.1, 0.15) is 53.4 Å². The van der Waals surface area contributed by atoms with Crippen LogP contribution < -0.4 is 15.4 Å². The summed E-state index contributed by atoms with van der Waals surface area (Å²) in [6.07, 6.45) is 4.83. The van der Waals surface area contributed by atoms with Gasteiger partial charge < -0.3 is 15.4 Å². The molecule has 0 heterocycles. The molecule has 1 aromatic carbocycles. The minimum Gasteiger partial charge on any atom is -0.494 e. The Balaban J connectivity index is 2.28. The maximum Gasteiger partial charge on any atom is 0.239 e. The average molecular weight is 306 g/mol. The summed E-state index contributed by atoms with van der Waals surface area (Å²) >= 11 is 0. The van der Waals surface area contributed by atoms with Crippen LogP contribution in [0.2, 0.25) is 0 Å². The molecular weight excluding hydrogens is 276 g/mol. The molecule has 0 aliphatic heterocycles. The average Bonchev–Trinajstić information content (AvgIpc) is 2.44. The van der Waals surface area contributed by atoms with E-state index >= 15 is 0 Å². The lowest BCUT2D eigenvalue weighted by Gasteiger charge is -2.20. The van der Waals surface area contributed by atoms with E-state index in [0.29, 0.717) is 0 Å². The SMILES string of the molecule is CCCCCCOc1ccc(NCC(=O)NC(C)(C)C)cc1. The maximum atomic E-state index is 11.7. The molecule has 0 aliphatic rings. The number of carbonyl (C=O) groups excluding carboxylic acids is 1. The molecule has 1 rings (SSSR count). The zero-order valence-corrected chi connectivity index (χ0v) is 14.4. The summed E-state index contributed by atoms with van der Waals surface area (Å²) in [6, 6.07) is 7.74. The highest BCUT2D eigenvalue weighted by molar-refractivity contribution is 5.81. The van der Waals surface area contributed by atoms with Crippen molar-refractivity contribution in [1.29, 1.82) is 0 Å². The first-order valence-corrected chi connectivity index (χ1v) is 8.18. The Kier molecular flexibility index (Phi) is 7.78. The summed E-state index contributed by atoms with van der Waals surface area (Å²) in [5.74, 6) is 0.866. The highest BCUT2D eigenvalue weighted by atomic mass is 16.5. The van der Waals surface area contributed by atoms with Gasteiger partial charge in [0.05, 0.1) is 13.2 Å². The fourth-order valence-electron chi connectivity index (χ4n) is 2.03. The lowest BCUT2D eigenvalue weighted by Crippen LogP contribution is -2.43. The van der Waals surface area contributed by atoms with Crippen molar-refractivity contribution in [3.8, 4) is 5.75 Å². The van der Waals surface area contributed by atoms with Crippen molar-refractivity contribution >= 4 is 11.6 Å². The first-order chi connectivity index (χ1) is 10.4. The van der Waals surface area contributed by atoms with Gasteiger partial charge >= 0.3 is 0 Å². The second-order valence-corrected chi connectivity index (χ2v) is 6.59. The largest absolute Gasteiger partial charge is 0.494 e. The van der Waals surface area contributed by atoms with E-state index < -0.39 is 0 Å². The van der Waals surface area contributed by atoms with Crippen molar-refractivity contribution in [2.24, 2.45) is 0 Å². The van der Waals surface area contributed by atoms with E-state index in [1.807, 2.05) is 45.0 Å². The smallest absolute Gasteiger partial charge is 0.239 e. The Morgan fingerprint density at radius 3 is 2.36 bits per heavy atom. The number of anilines is 1. The van der Waals surface area contributed by atoms with Crippen LogP contribution in [0, 0.1) is 0 Å². The summed E-state index contributed by atoms with van der Waals surface area (Å²) in [7, 11) is 0. The van der Waals surface area contributed by atoms with Crippen molar-refractivity contribution in [3.63, 3.8) is 0 Å². The van der Waals surface area contributed by atoms with Crippen molar-refractivity contribution < 1.29 is 9.53 Å². The Morgan fingerprint density at radius 2 is 1.77 bits per heavy atom. The Hall–Kier alpha value is -1.71. The van der Waals surface area contributed by atoms with E-state index in [2.05, 4.69) is 17.6 Å². The molecule has 0 atom stereocenters. The maximum absolute atomic E-state index is 11.7. The van der Waals surface area contributed by atoms with Gasteiger partial charge in [0.1, 0.15) is 5.75 Å². The van der Waals surface area contributed by atoms with Gasteiger partial charge in [0.15, 0.2) is 0 Å². The Morgan fingerprint density at radius 1 is 1.09 bits per heavy atom. The molecule has 0 unspecified atom stereocenters. The zero-order valence-electron chi connectivity index (χ0n) is 14.4. The number of carbonyl (C=O) groups is 1. The molecule has 0 spiro atoms. The third kappa shape index (κ3) is 8.55. The standard InChI is InChI=1S/C18H30N2O2/c1-5-6-7-8-13-22-16-11-9-15(10-12-16)19-14-17(21)20-18(2,3)4/h9-12,19H,5-8,13-14H2,1-4H3,(H,20,21). The Labute approximate surface area is 134 Å². The van der Waals surface area contributed by atoms with Crippen molar-refractivity contribution in [1.82, 2.24) is 5.32 Å². The molecule has 0 aliphatic carbocycles. The molecule has 22 heavy (non-hydrogen) atoms. The predicted octanol–water partition coefficient (Wildman–Crippen LogP) is 3.97. The number of unbranched alkanes of at least 4 members (excludes halogenated alkanes) is 3. The van der Waals surface area contributed by atoms with E-state index in [4.69, 9.17) is 4.74 Å². The molecule has 0 saturated heterocycles. The second kappa shape index (κ2) is 9.34. The van der Waals surface area contributed by atoms with Gasteiger partial charge in [-0.1, -0.05) is 26.2 Å². The van der Waals surface area contributed by atoms with Gasteiger partial charge in [0.2, 0.25) is 5.91 Å². The highest BCUT2D eigenvalue weighted by Crippen LogP contribution is 2.16. The summed E-state index contributed by atoms with van der Waals surface area (Å²) < 4.78 is 5.69. The van der Waals surface area contributed by atoms with E-state index in [0.717, 1.165) is 24.5 Å². The van der Waals surface area contributed by atoms with Crippen molar-refractivity contribution in [2.75, 3.05) is 18.5 Å². The van der Waals surface area contributed by atoms with Gasteiger partial charge in [-0.2, -0.15) is 0 Å². The van der Waals surface area contributed by atoms with Crippen LogP contribution >= 0.6 is 0 Å². The van der Waals surface area contributed by atoms with E-state index in [1.165, 1.54) is 19.3 Å². The number of benzene rings is 1. The molecule has 1 amide bonds. The lowest BCUT2D eigenvalue weighted by molar-refractivity contribution is -0.120. The molecule has 0 saturated carbocycles. The normalized spacial score (nSPS) is 11.1. The summed E-state index contributed by atoms with van der Waals surface area (Å²) in [5, 5.41) is 6.03. The molecule has 4 heteroatoms. The predicted molar refractivity (Wildman–Crippen MR) is 92.5 cm³/mol. The molecule has 2 N–H and O–H groups in total. The molecule has 0 fully saturated rings. The number of rotatable bonds is 9. The first kappa shape index (κ1) is 18.3. The van der Waals surface area contributed by atoms with Gasteiger partial charge in [-0.25, -0.2) is 0 Å². The summed E-state index contributed by atoms with van der Waals surface area (Å²) in [6.45, 7) is 9.15. The number of hydrogen-bond donors (Lipinski definition) is 2. The fraction of sp³-hybridized carbons (Fsp3) is 0.611. The molecule has 0 radical (unpaired) electrons. The van der Waals surface area contributed by atoms with Crippen LogP contribution in [0.15, 0.2) is 24.3 Å². The van der Waals surface area contributed by atoms with Crippen LogP contribution in [0.5, 0.6) is 5.75 Å². The van der Waals surface area contributed by atoms with Crippen LogP contribution in [-0.4, -0.2) is 24.6 Å². The van der Waals surface area contributed by atoms with Crippen LogP contribution in [0.3, 0.4) is 0 Å². The summed E-state index contributed by atoms with van der Waals surface area (Å²) in [4.78, 5) is 11.7. The molecule has 0 aromatic heterocycles. The summed E-state index contributed by atoms with van der Waals surface area (Å²) in [5.41, 5.74) is 0.719. The number of ether oxygens (including phenoxy) is 1. The van der Waals surface area contributed by atoms with Gasteiger partial charge in [0.25, 0.3) is 0 Å². The third-order valence-corrected chi connectivity index (χ3v) is 3.09. The van der Waals surface area contributed by atoms with Gasteiger partial charge in [-0.05, 0) is 51.5 Å². The Bertz CT molecular complexity index is 435. The molecular formula is C18H30N2O2. The molecule has 0 bridgehead atoms. The number of nitrogens with one attached hydrogen (secondary N) is 2. The molecule has 124 valence electrons. The van der Waals surface area contributed by atoms with Crippen LogP contribution in [0.25, 0.3) is 0 Å². The highest BCUT2D eigenvalue weighted by Gasteiger charge is 2.12. The van der Waals surface area contributed by atoms with Crippen LogP contribution in [-0.2, 0) is 4.79 Å². The fourth-order valence-corrected chi connectivity index (χ4v) is 2.03. The molecule has 4 nitrogen and oxygen atoms in total. The minimum atomic E-state index is -0.200. The van der Waals surface area contributed by atoms with E-state index in [1.54, 1.807) is 0 Å². The van der Waals surface area contributed by atoms with E-state index in [9.17, 15) is 4.79 Å². The van der Waals surface area contributed by atoms with Gasteiger partial charge in [0, 0.05) is 11.2 Å². The first-order valence-electron chi connectivity index (χ1n) is 8.18. The van der Waals surface area contributed by atoms with E-state index in [-0.39, 0.29) is 18.0 Å². The monoisotopic (exact) mass is 306 g/mol. The van der Waals surface area contributed by atoms with Crippen molar-refractivity contribution in [3.05, 3.63) is 24.3 Å². The van der Waals surface area contributed by atoms with Gasteiger partial charge in [-0.3, -0.25) is 4.79 Å². The number of hydrogen-bond acceptors (Lipinski definition) is 3. The second-order valence-electron chi connectivity index (χ2n) is 6.59. The topological polar surface area (TPSA) is 50.4 Å². The number of amides is 1. The van der Waals surface area contributed by atoms with Gasteiger partial charge in [-0.15, -0.1) is 0 Å².